The molecule has 0 unspecified atom stereocenters. The first kappa shape index (κ1) is 23.6. The molecule has 170 valence electrons. The van der Waals surface area contributed by atoms with Crippen LogP contribution in [0.2, 0.25) is 0 Å². The number of carbonyl (C=O) groups is 1. The number of halogens is 1. The van der Waals surface area contributed by atoms with Crippen LogP contribution >= 0.6 is 0 Å². The molecule has 0 saturated heterocycles. The summed E-state index contributed by atoms with van der Waals surface area (Å²) in [7, 11) is -3.49. The maximum absolute atomic E-state index is 14.3. The Balaban J connectivity index is 1.51. The molecule has 3 aromatic rings. The third-order valence-corrected chi connectivity index (χ3v) is 7.26. The van der Waals surface area contributed by atoms with Gasteiger partial charge in [0.2, 0.25) is 15.9 Å². The van der Waals surface area contributed by atoms with E-state index in [0.29, 0.717) is 30.8 Å². The number of hydrogen-bond acceptors (Lipinski definition) is 4. The maximum Gasteiger partial charge on any atom is 0.243 e. The number of nitrogens with one attached hydrogen (secondary N) is 1. The number of aromatic nitrogens is 2. The van der Waals surface area contributed by atoms with Crippen LogP contribution in [0, 0.1) is 5.82 Å². The van der Waals surface area contributed by atoms with Crippen molar-refractivity contribution in [2.75, 3.05) is 13.1 Å². The van der Waals surface area contributed by atoms with Crippen LogP contribution in [0.15, 0.2) is 66.1 Å². The Labute approximate surface area is 188 Å². The highest BCUT2D eigenvalue weighted by atomic mass is 32.2. The lowest BCUT2D eigenvalue weighted by atomic mass is 10.1. The minimum atomic E-state index is -3.49. The molecule has 9 heteroatoms. The molecule has 0 bridgehead atoms. The van der Waals surface area contributed by atoms with E-state index in [0.717, 1.165) is 5.56 Å². The Bertz CT molecular complexity index is 1140. The molecule has 1 amide bonds. The van der Waals surface area contributed by atoms with Crippen molar-refractivity contribution in [1.82, 2.24) is 19.2 Å². The number of carbonyl (C=O) groups excluding carboxylic acids is 1. The molecule has 1 heterocycles. The number of imidazole rings is 1. The fourth-order valence-electron chi connectivity index (χ4n) is 3.36. The minimum Gasteiger partial charge on any atom is -0.352 e. The zero-order valence-electron chi connectivity index (χ0n) is 18.2. The normalized spacial score (nSPS) is 11.6. The summed E-state index contributed by atoms with van der Waals surface area (Å²) in [5.41, 5.74) is 1.92. The molecule has 0 aliphatic rings. The fourth-order valence-corrected chi connectivity index (χ4v) is 4.82. The molecule has 2 aromatic carbocycles. The van der Waals surface area contributed by atoms with Gasteiger partial charge in [0.25, 0.3) is 0 Å². The Morgan fingerprint density at radius 1 is 1.09 bits per heavy atom. The predicted octanol–water partition coefficient (Wildman–Crippen LogP) is 3.29. The average molecular weight is 459 g/mol. The summed E-state index contributed by atoms with van der Waals surface area (Å²) in [4.78, 5) is 16.4. The summed E-state index contributed by atoms with van der Waals surface area (Å²) in [6, 6.07) is 11.4. The molecule has 0 atom stereocenters. The lowest BCUT2D eigenvalue weighted by Crippen LogP contribution is -2.30. The fraction of sp³-hybridized carbons (Fsp3) is 0.304. The molecule has 0 radical (unpaired) electrons. The molecule has 0 aliphatic carbocycles. The lowest BCUT2D eigenvalue weighted by molar-refractivity contribution is -0.121. The van der Waals surface area contributed by atoms with Crippen LogP contribution in [0.3, 0.4) is 0 Å². The van der Waals surface area contributed by atoms with E-state index in [1.807, 2.05) is 0 Å². The van der Waals surface area contributed by atoms with E-state index < -0.39 is 15.8 Å². The van der Waals surface area contributed by atoms with Gasteiger partial charge in [0.1, 0.15) is 5.82 Å². The Morgan fingerprint density at radius 3 is 2.38 bits per heavy atom. The van der Waals surface area contributed by atoms with Crippen molar-refractivity contribution in [3.8, 4) is 5.69 Å². The third kappa shape index (κ3) is 5.60. The largest absolute Gasteiger partial charge is 0.352 e. The van der Waals surface area contributed by atoms with Gasteiger partial charge in [-0.05, 0) is 41.8 Å². The SMILES string of the molecule is CCN(CC)S(=O)(=O)c1ccc(CCC(=O)NCc2ccc(-n3ccnc3)c(F)c2)cc1. The molecular weight excluding hydrogens is 431 g/mol. The molecule has 1 aromatic heterocycles. The second-order valence-corrected chi connectivity index (χ2v) is 9.20. The zero-order chi connectivity index (χ0) is 23.1. The standard InChI is InChI=1S/C23H27FN4O3S/c1-3-28(4-2)32(30,31)20-9-5-18(6-10-20)8-12-23(29)26-16-19-7-11-22(21(24)15-19)27-14-13-25-17-27/h5-7,9-11,13-15,17H,3-4,8,12,16H2,1-2H3,(H,26,29). The smallest absolute Gasteiger partial charge is 0.243 e. The van der Waals surface area contributed by atoms with Crippen LogP contribution in [0.1, 0.15) is 31.4 Å². The van der Waals surface area contributed by atoms with Crippen molar-refractivity contribution in [2.24, 2.45) is 0 Å². The van der Waals surface area contributed by atoms with Gasteiger partial charge >= 0.3 is 0 Å². The third-order valence-electron chi connectivity index (χ3n) is 5.19. The second-order valence-electron chi connectivity index (χ2n) is 7.27. The van der Waals surface area contributed by atoms with E-state index >= 15 is 0 Å². The number of amides is 1. The topological polar surface area (TPSA) is 84.3 Å². The van der Waals surface area contributed by atoms with E-state index in [4.69, 9.17) is 0 Å². The van der Waals surface area contributed by atoms with Gasteiger partial charge in [-0.15, -0.1) is 0 Å². The van der Waals surface area contributed by atoms with Gasteiger partial charge in [-0.2, -0.15) is 4.31 Å². The molecule has 3 rings (SSSR count). The van der Waals surface area contributed by atoms with Crippen LogP contribution in [-0.4, -0.2) is 41.3 Å². The van der Waals surface area contributed by atoms with Gasteiger partial charge in [-0.3, -0.25) is 4.79 Å². The van der Waals surface area contributed by atoms with Crippen LogP contribution in [0.5, 0.6) is 0 Å². The van der Waals surface area contributed by atoms with Gasteiger partial charge in [-0.25, -0.2) is 17.8 Å². The van der Waals surface area contributed by atoms with Crippen molar-refractivity contribution in [3.63, 3.8) is 0 Å². The van der Waals surface area contributed by atoms with E-state index in [9.17, 15) is 17.6 Å². The molecule has 0 fully saturated rings. The van der Waals surface area contributed by atoms with Crippen molar-refractivity contribution >= 4 is 15.9 Å². The van der Waals surface area contributed by atoms with E-state index in [2.05, 4.69) is 10.3 Å². The van der Waals surface area contributed by atoms with Gasteiger partial charge in [0.05, 0.1) is 16.9 Å². The maximum atomic E-state index is 14.3. The monoisotopic (exact) mass is 458 g/mol. The van der Waals surface area contributed by atoms with Crippen LogP contribution in [0.4, 0.5) is 4.39 Å². The predicted molar refractivity (Wildman–Crippen MR) is 120 cm³/mol. The molecule has 32 heavy (non-hydrogen) atoms. The van der Waals surface area contributed by atoms with Crippen molar-refractivity contribution in [3.05, 3.63) is 78.1 Å². The summed E-state index contributed by atoms with van der Waals surface area (Å²) in [5.74, 6) is -0.557. The Hall–Kier alpha value is -3.04. The second kappa shape index (κ2) is 10.5. The lowest BCUT2D eigenvalue weighted by Gasteiger charge is -2.18. The zero-order valence-corrected chi connectivity index (χ0v) is 19.0. The molecule has 0 spiro atoms. The average Bonchev–Trinajstić information content (AvgIpc) is 3.32. The van der Waals surface area contributed by atoms with Crippen molar-refractivity contribution in [2.45, 2.75) is 38.1 Å². The first-order valence-corrected chi connectivity index (χ1v) is 11.9. The number of aryl methyl sites for hydroxylation is 1. The van der Waals surface area contributed by atoms with E-state index in [-0.39, 0.29) is 23.8 Å². The van der Waals surface area contributed by atoms with Crippen LogP contribution < -0.4 is 5.32 Å². The van der Waals surface area contributed by atoms with Crippen molar-refractivity contribution in [1.29, 1.82) is 0 Å². The summed E-state index contributed by atoms with van der Waals surface area (Å²) in [6.07, 6.45) is 5.48. The van der Waals surface area contributed by atoms with Gasteiger partial charge in [-0.1, -0.05) is 32.0 Å². The quantitative estimate of drug-likeness (QED) is 0.505. The molecule has 1 N–H and O–H groups in total. The summed E-state index contributed by atoms with van der Waals surface area (Å²) in [6.45, 7) is 4.65. The van der Waals surface area contributed by atoms with Crippen molar-refractivity contribution < 1.29 is 17.6 Å². The summed E-state index contributed by atoms with van der Waals surface area (Å²) in [5, 5.41) is 2.79. The number of hydrogen-bond donors (Lipinski definition) is 1. The Kier molecular flexibility index (Phi) is 7.76. The van der Waals surface area contributed by atoms with Gasteiger partial charge in [0, 0.05) is 38.4 Å². The van der Waals surface area contributed by atoms with Crippen LogP contribution in [0.25, 0.3) is 5.69 Å². The minimum absolute atomic E-state index is 0.163. The van der Waals surface area contributed by atoms with E-state index in [1.165, 1.54) is 16.7 Å². The highest BCUT2D eigenvalue weighted by molar-refractivity contribution is 7.89. The number of benzene rings is 2. The summed E-state index contributed by atoms with van der Waals surface area (Å²) >= 11 is 0. The first-order chi connectivity index (χ1) is 15.3. The molecule has 7 nitrogen and oxygen atoms in total. The van der Waals surface area contributed by atoms with Gasteiger partial charge < -0.3 is 9.88 Å². The summed E-state index contributed by atoms with van der Waals surface area (Å²) < 4.78 is 42.4. The number of sulfonamides is 1. The highest BCUT2D eigenvalue weighted by Crippen LogP contribution is 2.17. The van der Waals surface area contributed by atoms with E-state index in [1.54, 1.807) is 67.2 Å². The molecular formula is C23H27FN4O3S. The van der Waals surface area contributed by atoms with Crippen LogP contribution in [-0.2, 0) is 27.8 Å². The molecule has 0 saturated carbocycles. The number of nitrogens with zero attached hydrogens (tertiary/aromatic N) is 3. The highest BCUT2D eigenvalue weighted by Gasteiger charge is 2.21. The van der Waals surface area contributed by atoms with Gasteiger partial charge in [0.15, 0.2) is 0 Å². The molecule has 0 aliphatic heterocycles. The number of rotatable bonds is 10. The Morgan fingerprint density at radius 2 is 1.78 bits per heavy atom. The first-order valence-electron chi connectivity index (χ1n) is 10.5.